The first kappa shape index (κ1) is 30.3. The molecule has 0 heterocycles. The Balaban J connectivity index is 3.13. The molecule has 1 aromatic rings. The lowest BCUT2D eigenvalue weighted by molar-refractivity contribution is -0.148. The van der Waals surface area contributed by atoms with Crippen LogP contribution in [0.1, 0.15) is 39.2 Å². The standard InChI is InChI=1S/C23H34N4O9/c1-4-11(2)18(24)21(33)25-15(9-13-5-7-14(29)8-6-13)20(32)27-19(12(3)28)22(34)26-16(23(35)36)10-17(30)31/h5-8,11-12,15-16,18-19,28-29H,4,9-10,24H2,1-3H3,(H,25,33)(H,26,34)(H,27,32)(H,30,31)(H,35,36). The molecular formula is C23H34N4O9. The Morgan fingerprint density at radius 1 is 0.889 bits per heavy atom. The highest BCUT2D eigenvalue weighted by Crippen LogP contribution is 2.13. The molecule has 36 heavy (non-hydrogen) atoms. The molecule has 0 spiro atoms. The molecule has 0 aliphatic heterocycles. The topological polar surface area (TPSA) is 228 Å². The van der Waals surface area contributed by atoms with Crippen molar-refractivity contribution in [1.29, 1.82) is 0 Å². The van der Waals surface area contributed by atoms with E-state index >= 15 is 0 Å². The number of nitrogens with one attached hydrogen (secondary N) is 3. The van der Waals surface area contributed by atoms with E-state index in [4.69, 9.17) is 15.9 Å². The van der Waals surface area contributed by atoms with E-state index in [-0.39, 0.29) is 18.1 Å². The van der Waals surface area contributed by atoms with Crippen LogP contribution in [0.5, 0.6) is 5.75 Å². The zero-order chi connectivity index (χ0) is 27.6. The second kappa shape index (κ2) is 14.0. The molecule has 6 unspecified atom stereocenters. The van der Waals surface area contributed by atoms with Gasteiger partial charge in [0.1, 0.15) is 23.9 Å². The van der Waals surface area contributed by atoms with Gasteiger partial charge in [0.2, 0.25) is 17.7 Å². The first-order valence-corrected chi connectivity index (χ1v) is 11.3. The first-order chi connectivity index (χ1) is 16.8. The lowest BCUT2D eigenvalue weighted by Gasteiger charge is -2.27. The molecule has 0 fully saturated rings. The first-order valence-electron chi connectivity index (χ1n) is 11.3. The summed E-state index contributed by atoms with van der Waals surface area (Å²) in [5, 5.41) is 44.4. The fourth-order valence-corrected chi connectivity index (χ4v) is 3.15. The quantitative estimate of drug-likeness (QED) is 0.147. The molecule has 13 nitrogen and oxygen atoms in total. The third-order valence-electron chi connectivity index (χ3n) is 5.62. The number of aliphatic carboxylic acids is 2. The minimum Gasteiger partial charge on any atom is -0.508 e. The summed E-state index contributed by atoms with van der Waals surface area (Å²) in [6.07, 6.45) is -1.88. The molecule has 3 amide bonds. The molecule has 0 aliphatic carbocycles. The fourth-order valence-electron chi connectivity index (χ4n) is 3.15. The number of aromatic hydroxyl groups is 1. The van der Waals surface area contributed by atoms with Crippen molar-refractivity contribution in [2.75, 3.05) is 0 Å². The van der Waals surface area contributed by atoms with Crippen LogP contribution >= 0.6 is 0 Å². The summed E-state index contributed by atoms with van der Waals surface area (Å²) in [6, 6.07) is 0.199. The monoisotopic (exact) mass is 510 g/mol. The summed E-state index contributed by atoms with van der Waals surface area (Å²) in [6.45, 7) is 4.78. The summed E-state index contributed by atoms with van der Waals surface area (Å²) in [5.41, 5.74) is 6.52. The van der Waals surface area contributed by atoms with Gasteiger partial charge in [-0.15, -0.1) is 0 Å². The Morgan fingerprint density at radius 3 is 1.92 bits per heavy atom. The van der Waals surface area contributed by atoms with Gasteiger partial charge in [-0.25, -0.2) is 4.79 Å². The van der Waals surface area contributed by atoms with Crippen LogP contribution in [-0.4, -0.2) is 80.4 Å². The number of benzene rings is 1. The maximum atomic E-state index is 13.1. The predicted molar refractivity (Wildman–Crippen MR) is 127 cm³/mol. The second-order valence-electron chi connectivity index (χ2n) is 8.57. The van der Waals surface area contributed by atoms with Crippen LogP contribution in [0.4, 0.5) is 0 Å². The number of amides is 3. The van der Waals surface area contributed by atoms with E-state index < -0.39 is 66.4 Å². The molecule has 200 valence electrons. The lowest BCUT2D eigenvalue weighted by Crippen LogP contribution is -2.60. The molecule has 0 aromatic heterocycles. The maximum absolute atomic E-state index is 13.1. The summed E-state index contributed by atoms with van der Waals surface area (Å²) in [5.74, 6) is -5.92. The minimum absolute atomic E-state index is 0.0113. The van der Waals surface area contributed by atoms with Gasteiger partial charge in [0.25, 0.3) is 0 Å². The van der Waals surface area contributed by atoms with Crippen molar-refractivity contribution >= 4 is 29.7 Å². The third kappa shape index (κ3) is 9.50. The third-order valence-corrected chi connectivity index (χ3v) is 5.62. The zero-order valence-electron chi connectivity index (χ0n) is 20.3. The highest BCUT2D eigenvalue weighted by molar-refractivity contribution is 5.95. The van der Waals surface area contributed by atoms with Gasteiger partial charge >= 0.3 is 11.9 Å². The summed E-state index contributed by atoms with van der Waals surface area (Å²) < 4.78 is 0. The number of carboxylic acids is 2. The lowest BCUT2D eigenvalue weighted by atomic mass is 9.98. The molecule has 0 radical (unpaired) electrons. The van der Waals surface area contributed by atoms with Crippen LogP contribution in [0.25, 0.3) is 0 Å². The molecule has 9 N–H and O–H groups in total. The number of carbonyl (C=O) groups excluding carboxylic acids is 3. The predicted octanol–water partition coefficient (Wildman–Crippen LogP) is -1.30. The van der Waals surface area contributed by atoms with Crippen LogP contribution in [-0.2, 0) is 30.4 Å². The van der Waals surface area contributed by atoms with E-state index in [1.807, 2.05) is 12.2 Å². The van der Waals surface area contributed by atoms with E-state index in [1.54, 1.807) is 6.92 Å². The number of carboxylic acid groups (broad SMARTS) is 2. The normalized spacial score (nSPS) is 15.9. The van der Waals surface area contributed by atoms with E-state index in [2.05, 4.69) is 10.6 Å². The Bertz CT molecular complexity index is 936. The molecular weight excluding hydrogens is 476 g/mol. The highest BCUT2D eigenvalue weighted by atomic mass is 16.4. The van der Waals surface area contributed by atoms with Gasteiger partial charge in [-0.1, -0.05) is 32.4 Å². The fraction of sp³-hybridized carbons (Fsp3) is 0.522. The number of rotatable bonds is 14. The zero-order valence-corrected chi connectivity index (χ0v) is 20.3. The van der Waals surface area contributed by atoms with E-state index in [0.717, 1.165) is 0 Å². The molecule has 13 heteroatoms. The van der Waals surface area contributed by atoms with Crippen LogP contribution in [0, 0.1) is 5.92 Å². The van der Waals surface area contributed by atoms with Crippen LogP contribution in [0.2, 0.25) is 0 Å². The average molecular weight is 511 g/mol. The van der Waals surface area contributed by atoms with Gasteiger partial charge in [0.15, 0.2) is 0 Å². The Labute approximate surface area is 208 Å². The molecule has 6 atom stereocenters. The number of hydrogen-bond acceptors (Lipinski definition) is 8. The van der Waals surface area contributed by atoms with Gasteiger partial charge < -0.3 is 42.1 Å². The minimum atomic E-state index is -1.80. The van der Waals surface area contributed by atoms with Gasteiger partial charge in [0, 0.05) is 6.42 Å². The molecule has 0 aliphatic rings. The number of phenolic OH excluding ortho intramolecular Hbond substituents is 1. The van der Waals surface area contributed by atoms with Gasteiger partial charge in [-0.3, -0.25) is 19.2 Å². The van der Waals surface area contributed by atoms with E-state index in [1.165, 1.54) is 31.2 Å². The van der Waals surface area contributed by atoms with Crippen LogP contribution in [0.3, 0.4) is 0 Å². The van der Waals surface area contributed by atoms with E-state index in [0.29, 0.717) is 12.0 Å². The number of aliphatic hydroxyl groups excluding tert-OH is 1. The van der Waals surface area contributed by atoms with Crippen molar-refractivity contribution < 1.29 is 44.4 Å². The average Bonchev–Trinajstić information content (AvgIpc) is 2.80. The van der Waals surface area contributed by atoms with Crippen molar-refractivity contribution in [3.63, 3.8) is 0 Å². The van der Waals surface area contributed by atoms with Crippen molar-refractivity contribution in [2.45, 2.75) is 70.3 Å². The van der Waals surface area contributed by atoms with Crippen molar-refractivity contribution in [2.24, 2.45) is 11.7 Å². The SMILES string of the molecule is CCC(C)C(N)C(=O)NC(Cc1ccc(O)cc1)C(=O)NC(C(=O)NC(CC(=O)O)C(=O)O)C(C)O. The molecule has 0 saturated carbocycles. The molecule has 0 saturated heterocycles. The molecule has 1 rings (SSSR count). The Kier molecular flexibility index (Phi) is 11.8. The highest BCUT2D eigenvalue weighted by Gasteiger charge is 2.33. The summed E-state index contributed by atoms with van der Waals surface area (Å²) in [4.78, 5) is 60.6. The summed E-state index contributed by atoms with van der Waals surface area (Å²) >= 11 is 0. The Morgan fingerprint density at radius 2 is 1.44 bits per heavy atom. The molecule has 0 bridgehead atoms. The number of aliphatic hydroxyl groups is 1. The molecule has 1 aromatic carbocycles. The van der Waals surface area contributed by atoms with Crippen molar-refractivity contribution in [3.8, 4) is 5.75 Å². The second-order valence-corrected chi connectivity index (χ2v) is 8.57. The van der Waals surface area contributed by atoms with Crippen LogP contribution < -0.4 is 21.7 Å². The van der Waals surface area contributed by atoms with Gasteiger partial charge in [-0.05, 0) is 30.5 Å². The van der Waals surface area contributed by atoms with E-state index in [9.17, 15) is 34.2 Å². The number of carbonyl (C=O) groups is 5. The van der Waals surface area contributed by atoms with Gasteiger partial charge in [-0.2, -0.15) is 0 Å². The maximum Gasteiger partial charge on any atom is 0.326 e. The van der Waals surface area contributed by atoms with Crippen molar-refractivity contribution in [1.82, 2.24) is 16.0 Å². The number of phenols is 1. The largest absolute Gasteiger partial charge is 0.508 e. The number of hydrogen-bond donors (Lipinski definition) is 8. The Hall–Kier alpha value is -3.71. The smallest absolute Gasteiger partial charge is 0.326 e. The summed E-state index contributed by atoms with van der Waals surface area (Å²) in [7, 11) is 0. The van der Waals surface area contributed by atoms with Crippen molar-refractivity contribution in [3.05, 3.63) is 29.8 Å². The van der Waals surface area contributed by atoms with Gasteiger partial charge in [0.05, 0.1) is 18.6 Å². The number of nitrogens with two attached hydrogens (primary N) is 1. The van der Waals surface area contributed by atoms with Crippen LogP contribution in [0.15, 0.2) is 24.3 Å².